The predicted octanol–water partition coefficient (Wildman–Crippen LogP) is 3.45. The summed E-state index contributed by atoms with van der Waals surface area (Å²) in [6.07, 6.45) is 7.66. The smallest absolute Gasteiger partial charge is 0.254 e. The minimum atomic E-state index is -0.121. The Morgan fingerprint density at radius 1 is 1.11 bits per heavy atom. The Morgan fingerprint density at radius 2 is 1.83 bits per heavy atom. The Labute approximate surface area is 208 Å². The van der Waals surface area contributed by atoms with E-state index >= 15 is 0 Å². The van der Waals surface area contributed by atoms with Crippen molar-refractivity contribution in [2.24, 2.45) is 11.3 Å². The summed E-state index contributed by atoms with van der Waals surface area (Å²) in [4.78, 5) is 32.4. The second-order valence-electron chi connectivity index (χ2n) is 11.0. The number of piperidine rings is 1. The maximum atomic E-state index is 13.3. The summed E-state index contributed by atoms with van der Waals surface area (Å²) in [5.74, 6) is 0.476. The summed E-state index contributed by atoms with van der Waals surface area (Å²) in [5, 5.41) is 12.1. The molecule has 2 aliphatic rings. The number of carbonyl (C=O) groups is 2. The molecule has 0 spiro atoms. The zero-order valence-corrected chi connectivity index (χ0v) is 21.6. The average Bonchev–Trinajstić information content (AvgIpc) is 3.26. The summed E-state index contributed by atoms with van der Waals surface area (Å²) in [6.45, 7) is 12.6. The first-order chi connectivity index (χ1) is 16.7. The van der Waals surface area contributed by atoms with Gasteiger partial charge in [-0.25, -0.2) is 9.67 Å². The van der Waals surface area contributed by atoms with Gasteiger partial charge in [-0.05, 0) is 43.9 Å². The molecule has 9 heteroatoms. The third kappa shape index (κ3) is 6.31. The van der Waals surface area contributed by atoms with E-state index in [1.807, 2.05) is 16.5 Å². The van der Waals surface area contributed by atoms with E-state index in [2.05, 4.69) is 41.5 Å². The van der Waals surface area contributed by atoms with Gasteiger partial charge in [0.05, 0.1) is 22.8 Å². The third-order valence-electron chi connectivity index (χ3n) is 6.98. The van der Waals surface area contributed by atoms with Crippen molar-refractivity contribution in [2.75, 3.05) is 38.2 Å². The molecule has 35 heavy (non-hydrogen) atoms. The van der Waals surface area contributed by atoms with Crippen LogP contribution in [0.2, 0.25) is 0 Å². The van der Waals surface area contributed by atoms with E-state index in [0.29, 0.717) is 24.4 Å². The van der Waals surface area contributed by atoms with Gasteiger partial charge in [0.2, 0.25) is 5.91 Å². The Kier molecular flexibility index (Phi) is 7.94. The van der Waals surface area contributed by atoms with Crippen LogP contribution in [0.15, 0.2) is 12.4 Å². The van der Waals surface area contributed by atoms with Crippen molar-refractivity contribution in [2.45, 2.75) is 72.4 Å². The molecular formula is C26H40N6O3. The monoisotopic (exact) mass is 484 g/mol. The number of pyridine rings is 1. The summed E-state index contributed by atoms with van der Waals surface area (Å²) < 4.78 is 7.35. The van der Waals surface area contributed by atoms with Crippen molar-refractivity contribution in [3.8, 4) is 0 Å². The largest absolute Gasteiger partial charge is 0.381 e. The minimum absolute atomic E-state index is 0.00105. The van der Waals surface area contributed by atoms with Gasteiger partial charge in [0.15, 0.2) is 5.65 Å². The number of anilines is 1. The standard InChI is InChI=1S/C26H40N6O3/c1-5-32-24-20(17-29-32)23(30-19-8-12-35-13-9-19)21(16-27-24)25(34)28-15-18-6-10-31(11-7-18)22(33)14-26(2,3)4/h16-19H,5-15H2,1-4H3,(H,27,30)(H,28,34). The lowest BCUT2D eigenvalue weighted by molar-refractivity contribution is -0.134. The van der Waals surface area contributed by atoms with Crippen LogP contribution in [0.1, 0.15) is 70.2 Å². The van der Waals surface area contributed by atoms with E-state index in [0.717, 1.165) is 75.3 Å². The minimum Gasteiger partial charge on any atom is -0.381 e. The highest BCUT2D eigenvalue weighted by molar-refractivity contribution is 6.06. The molecule has 0 atom stereocenters. The molecule has 0 radical (unpaired) electrons. The quantitative estimate of drug-likeness (QED) is 0.624. The number of aryl methyl sites for hydroxylation is 1. The van der Waals surface area contributed by atoms with Crippen LogP contribution in [0, 0.1) is 11.3 Å². The normalized spacial score (nSPS) is 18.1. The molecule has 192 valence electrons. The van der Waals surface area contributed by atoms with Crippen LogP contribution < -0.4 is 10.6 Å². The van der Waals surface area contributed by atoms with Crippen molar-refractivity contribution in [1.29, 1.82) is 0 Å². The molecule has 0 unspecified atom stereocenters. The number of amides is 2. The van der Waals surface area contributed by atoms with Gasteiger partial charge < -0.3 is 20.3 Å². The van der Waals surface area contributed by atoms with Gasteiger partial charge in [-0.1, -0.05) is 20.8 Å². The summed E-state index contributed by atoms with van der Waals surface area (Å²) in [7, 11) is 0. The van der Waals surface area contributed by atoms with Gasteiger partial charge in [0, 0.05) is 58.1 Å². The lowest BCUT2D eigenvalue weighted by Gasteiger charge is -2.33. The van der Waals surface area contributed by atoms with Crippen molar-refractivity contribution < 1.29 is 14.3 Å². The van der Waals surface area contributed by atoms with E-state index < -0.39 is 0 Å². The number of rotatable bonds is 7. The van der Waals surface area contributed by atoms with Gasteiger partial charge in [-0.15, -0.1) is 0 Å². The van der Waals surface area contributed by atoms with Gasteiger partial charge in [0.1, 0.15) is 0 Å². The molecule has 0 saturated carbocycles. The molecule has 2 aromatic heterocycles. The number of carbonyl (C=O) groups excluding carboxylic acids is 2. The first kappa shape index (κ1) is 25.4. The number of nitrogens with one attached hydrogen (secondary N) is 2. The van der Waals surface area contributed by atoms with E-state index in [9.17, 15) is 9.59 Å². The number of likely N-dealkylation sites (tertiary alicyclic amines) is 1. The number of fused-ring (bicyclic) bond motifs is 1. The Morgan fingerprint density at radius 3 is 2.49 bits per heavy atom. The van der Waals surface area contributed by atoms with Crippen molar-refractivity contribution in [3.63, 3.8) is 0 Å². The van der Waals surface area contributed by atoms with Gasteiger partial charge in [-0.3, -0.25) is 9.59 Å². The predicted molar refractivity (Wildman–Crippen MR) is 136 cm³/mol. The van der Waals surface area contributed by atoms with Crippen molar-refractivity contribution in [3.05, 3.63) is 18.0 Å². The molecule has 0 bridgehead atoms. The second kappa shape index (κ2) is 10.9. The summed E-state index contributed by atoms with van der Waals surface area (Å²) in [6, 6.07) is 0.251. The lowest BCUT2D eigenvalue weighted by Crippen LogP contribution is -2.42. The molecule has 2 saturated heterocycles. The van der Waals surface area contributed by atoms with Crippen LogP contribution in [-0.2, 0) is 16.1 Å². The van der Waals surface area contributed by atoms with Crippen LogP contribution >= 0.6 is 0 Å². The molecule has 2 aromatic rings. The van der Waals surface area contributed by atoms with Crippen molar-refractivity contribution in [1.82, 2.24) is 25.0 Å². The zero-order chi connectivity index (χ0) is 25.0. The maximum Gasteiger partial charge on any atom is 0.254 e. The summed E-state index contributed by atoms with van der Waals surface area (Å²) >= 11 is 0. The number of nitrogens with zero attached hydrogens (tertiary/aromatic N) is 4. The van der Waals surface area contributed by atoms with Crippen LogP contribution in [0.25, 0.3) is 11.0 Å². The van der Waals surface area contributed by atoms with E-state index in [4.69, 9.17) is 4.74 Å². The highest BCUT2D eigenvalue weighted by atomic mass is 16.5. The van der Waals surface area contributed by atoms with Crippen LogP contribution in [0.3, 0.4) is 0 Å². The fourth-order valence-electron chi connectivity index (χ4n) is 4.92. The molecule has 0 aliphatic carbocycles. The van der Waals surface area contributed by atoms with E-state index in [-0.39, 0.29) is 23.3 Å². The molecular weight excluding hydrogens is 444 g/mol. The molecule has 4 heterocycles. The van der Waals surface area contributed by atoms with Gasteiger partial charge >= 0.3 is 0 Å². The number of hydrogen-bond acceptors (Lipinski definition) is 6. The SMILES string of the molecule is CCn1ncc2c(NC3CCOCC3)c(C(=O)NCC3CCN(C(=O)CC(C)(C)C)CC3)cnc21. The molecule has 2 aliphatic heterocycles. The van der Waals surface area contributed by atoms with Crippen LogP contribution in [0.5, 0.6) is 0 Å². The molecule has 0 aromatic carbocycles. The fourth-order valence-corrected chi connectivity index (χ4v) is 4.92. The number of aromatic nitrogens is 3. The van der Waals surface area contributed by atoms with Crippen LogP contribution in [-0.4, -0.2) is 70.4 Å². The highest BCUT2D eigenvalue weighted by Gasteiger charge is 2.27. The van der Waals surface area contributed by atoms with E-state index in [1.54, 1.807) is 12.4 Å². The van der Waals surface area contributed by atoms with E-state index in [1.165, 1.54) is 0 Å². The Hall–Kier alpha value is -2.68. The second-order valence-corrected chi connectivity index (χ2v) is 11.0. The number of hydrogen-bond donors (Lipinski definition) is 2. The van der Waals surface area contributed by atoms with Crippen LogP contribution in [0.4, 0.5) is 5.69 Å². The topological polar surface area (TPSA) is 101 Å². The molecule has 2 fully saturated rings. The molecule has 9 nitrogen and oxygen atoms in total. The molecule has 2 amide bonds. The first-order valence-electron chi connectivity index (χ1n) is 13.0. The molecule has 2 N–H and O–H groups in total. The molecule has 4 rings (SSSR count). The fraction of sp³-hybridized carbons (Fsp3) is 0.692. The third-order valence-corrected chi connectivity index (χ3v) is 6.98. The first-order valence-corrected chi connectivity index (χ1v) is 13.0. The zero-order valence-electron chi connectivity index (χ0n) is 21.6. The van der Waals surface area contributed by atoms with Crippen molar-refractivity contribution >= 4 is 28.5 Å². The number of ether oxygens (including phenoxy) is 1. The summed E-state index contributed by atoms with van der Waals surface area (Å²) in [5.41, 5.74) is 2.14. The highest BCUT2D eigenvalue weighted by Crippen LogP contribution is 2.29. The Bertz CT molecular complexity index is 1030. The average molecular weight is 485 g/mol. The van der Waals surface area contributed by atoms with Gasteiger partial charge in [0.25, 0.3) is 5.91 Å². The Balaban J connectivity index is 1.40. The maximum absolute atomic E-state index is 13.3. The lowest BCUT2D eigenvalue weighted by atomic mass is 9.90. The van der Waals surface area contributed by atoms with Gasteiger partial charge in [-0.2, -0.15) is 5.10 Å².